The van der Waals surface area contributed by atoms with Crippen LogP contribution in [-0.4, -0.2) is 71.9 Å². The number of alkyl halides is 3. The Bertz CT molecular complexity index is 1440. The van der Waals surface area contributed by atoms with Gasteiger partial charge in [-0.3, -0.25) is 4.79 Å². The van der Waals surface area contributed by atoms with Crippen molar-refractivity contribution in [3.63, 3.8) is 0 Å². The van der Waals surface area contributed by atoms with Crippen LogP contribution in [0.25, 0.3) is 5.82 Å². The van der Waals surface area contributed by atoms with Crippen LogP contribution < -0.4 is 15.0 Å². The number of anilines is 1. The fraction of sp³-hybridized carbons (Fsp3) is 0.286. The Morgan fingerprint density at radius 2 is 1.84 bits per heavy atom. The fourth-order valence-corrected chi connectivity index (χ4v) is 3.71. The van der Waals surface area contributed by atoms with Crippen molar-refractivity contribution in [2.45, 2.75) is 24.2 Å². The minimum absolute atomic E-state index is 0.0674. The van der Waals surface area contributed by atoms with Gasteiger partial charge in [0.2, 0.25) is 5.95 Å². The highest BCUT2D eigenvalue weighted by molar-refractivity contribution is 7.90. The van der Waals surface area contributed by atoms with Crippen molar-refractivity contribution in [2.75, 3.05) is 25.3 Å². The van der Waals surface area contributed by atoms with Crippen molar-refractivity contribution in [3.8, 4) is 11.6 Å². The molecule has 0 saturated carbocycles. The molecule has 16 heteroatoms. The molecule has 2 aromatic heterocycles. The Hall–Kier alpha value is -4.21. The first kappa shape index (κ1) is 27.4. The number of pyridine rings is 1. The number of aromatic carboxylic acids is 1. The summed E-state index contributed by atoms with van der Waals surface area (Å²) in [6.07, 6.45) is -3.22. The molecule has 198 valence electrons. The van der Waals surface area contributed by atoms with Crippen LogP contribution in [0.3, 0.4) is 0 Å². The highest BCUT2D eigenvalue weighted by Crippen LogP contribution is 2.27. The molecule has 2 N–H and O–H groups in total. The van der Waals surface area contributed by atoms with Crippen molar-refractivity contribution < 1.29 is 41.0 Å². The zero-order valence-electron chi connectivity index (χ0n) is 19.8. The predicted molar refractivity (Wildman–Crippen MR) is 123 cm³/mol. The monoisotopic (exact) mass is 542 g/mol. The van der Waals surface area contributed by atoms with Crippen LogP contribution in [0.5, 0.6) is 5.75 Å². The molecular weight excluding hydrogens is 521 g/mol. The molecule has 0 aliphatic heterocycles. The number of aromatic nitrogens is 4. The summed E-state index contributed by atoms with van der Waals surface area (Å²) in [5.74, 6) is -2.42. The number of nitrogens with zero attached hydrogens (tertiary/aromatic N) is 5. The van der Waals surface area contributed by atoms with Crippen LogP contribution in [-0.2, 0) is 9.84 Å². The Balaban J connectivity index is 1.98. The van der Waals surface area contributed by atoms with Gasteiger partial charge in [0.05, 0.1) is 16.5 Å². The lowest BCUT2D eigenvalue weighted by Crippen LogP contribution is -2.29. The van der Waals surface area contributed by atoms with E-state index >= 15 is 0 Å². The standard InChI is InChI=1S/C21H21F3N6O6S/c1-11(17-27-20(29(2)3)28-30(17)16-6-5-12(10-25-16)19(32)33)26-18(31)13-7-14(36-21(22,23)24)9-15(8-13)37(4,34)35/h5-11H,1-4H3,(H,26,31)(H,32,33)/t11-/m0/s1. The SMILES string of the molecule is C[C@H](NC(=O)c1cc(OC(F)(F)F)cc(S(C)(=O)=O)c1)c1nc(N(C)C)nn1-c1ccc(C(=O)O)cn1. The smallest absolute Gasteiger partial charge is 0.478 e. The van der Waals surface area contributed by atoms with E-state index in [0.29, 0.717) is 6.07 Å². The van der Waals surface area contributed by atoms with Gasteiger partial charge in [-0.2, -0.15) is 9.67 Å². The van der Waals surface area contributed by atoms with Gasteiger partial charge >= 0.3 is 12.3 Å². The van der Waals surface area contributed by atoms with E-state index in [1.54, 1.807) is 19.0 Å². The summed E-state index contributed by atoms with van der Waals surface area (Å²) in [5.41, 5.74) is -0.473. The Morgan fingerprint density at radius 1 is 1.16 bits per heavy atom. The minimum Gasteiger partial charge on any atom is -0.478 e. The molecule has 0 bridgehead atoms. The molecule has 0 aliphatic carbocycles. The van der Waals surface area contributed by atoms with E-state index in [2.05, 4.69) is 25.1 Å². The molecular formula is C21H21F3N6O6S. The topological polar surface area (TPSA) is 157 Å². The minimum atomic E-state index is -5.11. The maximum absolute atomic E-state index is 12.9. The van der Waals surface area contributed by atoms with Gasteiger partial charge in [-0.25, -0.2) is 18.2 Å². The number of rotatable bonds is 8. The number of sulfone groups is 1. The maximum Gasteiger partial charge on any atom is 0.573 e. The quantitative estimate of drug-likeness (QED) is 0.433. The molecule has 0 saturated heterocycles. The van der Waals surface area contributed by atoms with Crippen molar-refractivity contribution in [1.29, 1.82) is 0 Å². The van der Waals surface area contributed by atoms with E-state index in [1.807, 2.05) is 0 Å². The maximum atomic E-state index is 12.9. The summed E-state index contributed by atoms with van der Waals surface area (Å²) in [6.45, 7) is 1.51. The molecule has 1 aromatic carbocycles. The van der Waals surface area contributed by atoms with E-state index in [0.717, 1.165) is 24.6 Å². The summed E-state index contributed by atoms with van der Waals surface area (Å²) >= 11 is 0. The van der Waals surface area contributed by atoms with E-state index in [-0.39, 0.29) is 23.2 Å². The van der Waals surface area contributed by atoms with Crippen LogP contribution in [0, 0.1) is 0 Å². The number of carbonyl (C=O) groups excluding carboxylic acids is 1. The highest BCUT2D eigenvalue weighted by Gasteiger charge is 2.32. The first-order valence-electron chi connectivity index (χ1n) is 10.3. The van der Waals surface area contributed by atoms with Gasteiger partial charge in [0.25, 0.3) is 5.91 Å². The fourth-order valence-electron chi connectivity index (χ4n) is 3.04. The average Bonchev–Trinajstić information content (AvgIpc) is 3.23. The molecule has 0 aliphatic rings. The second kappa shape index (κ2) is 10.0. The first-order chi connectivity index (χ1) is 17.0. The number of carbonyl (C=O) groups is 2. The van der Waals surface area contributed by atoms with Crippen molar-refractivity contribution >= 4 is 27.7 Å². The zero-order valence-corrected chi connectivity index (χ0v) is 20.6. The lowest BCUT2D eigenvalue weighted by molar-refractivity contribution is -0.274. The number of ether oxygens (including phenoxy) is 1. The van der Waals surface area contributed by atoms with Crippen LogP contribution in [0.1, 0.15) is 39.5 Å². The van der Waals surface area contributed by atoms with Gasteiger partial charge in [-0.15, -0.1) is 18.3 Å². The summed E-state index contributed by atoms with van der Waals surface area (Å²) < 4.78 is 67.2. The molecule has 0 spiro atoms. The second-order valence-corrected chi connectivity index (χ2v) is 10.0. The molecule has 12 nitrogen and oxygen atoms in total. The van der Waals surface area contributed by atoms with Gasteiger partial charge in [0.1, 0.15) is 5.75 Å². The normalized spacial score (nSPS) is 12.6. The zero-order chi connectivity index (χ0) is 27.7. The van der Waals surface area contributed by atoms with Gasteiger partial charge in [-0.1, -0.05) is 0 Å². The second-order valence-electron chi connectivity index (χ2n) is 7.99. The number of nitrogens with one attached hydrogen (secondary N) is 1. The van der Waals surface area contributed by atoms with Crippen molar-refractivity contribution in [3.05, 3.63) is 53.5 Å². The van der Waals surface area contributed by atoms with E-state index in [1.165, 1.54) is 23.7 Å². The summed E-state index contributed by atoms with van der Waals surface area (Å²) in [7, 11) is -0.667. The molecule has 3 aromatic rings. The summed E-state index contributed by atoms with van der Waals surface area (Å²) in [4.78, 5) is 33.5. The molecule has 3 rings (SSSR count). The van der Waals surface area contributed by atoms with E-state index < -0.39 is 50.3 Å². The van der Waals surface area contributed by atoms with Crippen LogP contribution in [0.4, 0.5) is 19.1 Å². The molecule has 1 amide bonds. The molecule has 1 atom stereocenters. The number of carboxylic acid groups (broad SMARTS) is 1. The Kier molecular flexibility index (Phi) is 7.43. The van der Waals surface area contributed by atoms with E-state index in [9.17, 15) is 31.2 Å². The third kappa shape index (κ3) is 6.72. The largest absolute Gasteiger partial charge is 0.573 e. The summed E-state index contributed by atoms with van der Waals surface area (Å²) in [6, 6.07) is 4.10. The van der Waals surface area contributed by atoms with Gasteiger partial charge in [0.15, 0.2) is 21.5 Å². The van der Waals surface area contributed by atoms with Crippen LogP contribution >= 0.6 is 0 Å². The molecule has 0 unspecified atom stereocenters. The van der Waals surface area contributed by atoms with Crippen LogP contribution in [0.15, 0.2) is 41.4 Å². The first-order valence-corrected chi connectivity index (χ1v) is 12.2. The predicted octanol–water partition coefficient (Wildman–Crippen LogP) is 2.22. The Labute approximate surface area is 208 Å². The number of carboxylic acids is 1. The molecule has 0 radical (unpaired) electrons. The number of hydrogen-bond donors (Lipinski definition) is 2. The van der Waals surface area contributed by atoms with Gasteiger partial charge < -0.3 is 20.1 Å². The third-order valence-electron chi connectivity index (χ3n) is 4.77. The van der Waals surface area contributed by atoms with Crippen LogP contribution in [0.2, 0.25) is 0 Å². The molecule has 2 heterocycles. The number of halogens is 3. The number of hydrogen-bond acceptors (Lipinski definition) is 9. The highest BCUT2D eigenvalue weighted by atomic mass is 32.2. The molecule has 37 heavy (non-hydrogen) atoms. The van der Waals surface area contributed by atoms with Crippen molar-refractivity contribution in [1.82, 2.24) is 25.1 Å². The van der Waals surface area contributed by atoms with E-state index in [4.69, 9.17) is 5.11 Å². The van der Waals surface area contributed by atoms with Crippen molar-refractivity contribution in [2.24, 2.45) is 0 Å². The van der Waals surface area contributed by atoms with Gasteiger partial charge in [0, 0.05) is 32.1 Å². The molecule has 0 fully saturated rings. The lowest BCUT2D eigenvalue weighted by Gasteiger charge is -2.16. The average molecular weight is 542 g/mol. The lowest BCUT2D eigenvalue weighted by atomic mass is 10.2. The number of benzene rings is 1. The summed E-state index contributed by atoms with van der Waals surface area (Å²) in [5, 5.41) is 15.9. The Morgan fingerprint density at radius 3 is 2.35 bits per heavy atom. The van der Waals surface area contributed by atoms with Gasteiger partial charge in [-0.05, 0) is 37.3 Å². The number of amides is 1. The third-order valence-corrected chi connectivity index (χ3v) is 5.86.